The second kappa shape index (κ2) is 3.35. The zero-order valence-corrected chi connectivity index (χ0v) is 8.55. The molecule has 0 aliphatic rings. The lowest BCUT2D eigenvalue weighted by Crippen LogP contribution is -2.37. The summed E-state index contributed by atoms with van der Waals surface area (Å²) in [6.07, 6.45) is 0. The van der Waals surface area contributed by atoms with E-state index in [0.29, 0.717) is 0 Å². The predicted octanol–water partition coefficient (Wildman–Crippen LogP) is 2.88. The van der Waals surface area contributed by atoms with E-state index < -0.39 is 10.4 Å². The Balaban J connectivity index is 3.08. The fraction of sp³-hybridized carbons (Fsp3) is 0.333. The van der Waals surface area contributed by atoms with Gasteiger partial charge < -0.3 is 5.11 Å². The van der Waals surface area contributed by atoms with E-state index in [1.54, 1.807) is 18.2 Å². The van der Waals surface area contributed by atoms with Crippen LogP contribution < -0.4 is 0 Å². The van der Waals surface area contributed by atoms with Gasteiger partial charge in [-0.3, -0.25) is 0 Å². The van der Waals surface area contributed by atoms with Crippen LogP contribution in [0.25, 0.3) is 0 Å². The highest BCUT2D eigenvalue weighted by atomic mass is 79.9. The first-order valence-corrected chi connectivity index (χ1v) is 4.49. The summed E-state index contributed by atoms with van der Waals surface area (Å²) in [7, 11) is 0. The molecule has 0 bridgehead atoms. The molecule has 72 valence electrons. The Hall–Kier alpha value is -0.480. The minimum Gasteiger partial charge on any atom is -0.378 e. The molecule has 0 spiro atoms. The lowest BCUT2D eigenvalue weighted by atomic mass is 9.97. The van der Waals surface area contributed by atoms with Crippen molar-refractivity contribution >= 4 is 15.9 Å². The summed E-state index contributed by atoms with van der Waals surface area (Å²) >= 11 is 2.15. The molecule has 0 aromatic heterocycles. The van der Waals surface area contributed by atoms with Crippen LogP contribution in [-0.2, 0) is 5.60 Å². The van der Waals surface area contributed by atoms with E-state index in [-0.39, 0.29) is 5.56 Å². The average Bonchev–Trinajstić information content (AvgIpc) is 2.04. The summed E-state index contributed by atoms with van der Waals surface area (Å²) < 4.78 is 25.7. The number of rotatable bonds is 2. The number of hydrogen-bond donors (Lipinski definition) is 1. The normalized spacial score (nSPS) is 16.7. The smallest absolute Gasteiger partial charge is 0.333 e. The molecule has 0 amide bonds. The van der Waals surface area contributed by atoms with Crippen molar-refractivity contribution < 1.29 is 13.9 Å². The molecule has 1 rings (SSSR count). The molecule has 0 fully saturated rings. The molecular weight excluding hydrogens is 242 g/mol. The van der Waals surface area contributed by atoms with Gasteiger partial charge in [-0.05, 0) is 28.4 Å². The molecule has 1 nitrogen and oxygen atoms in total. The Labute approximate surface area is 83.5 Å². The molecule has 4 heteroatoms. The lowest BCUT2D eigenvalue weighted by molar-refractivity contribution is -0.109. The number of halogens is 3. The van der Waals surface area contributed by atoms with Crippen molar-refractivity contribution in [1.82, 2.24) is 0 Å². The molecular formula is C9H9BrF2O. The number of alkyl halides is 3. The van der Waals surface area contributed by atoms with Gasteiger partial charge >= 0.3 is 4.83 Å². The summed E-state index contributed by atoms with van der Waals surface area (Å²) in [5.41, 5.74) is -2.01. The number of benzene rings is 1. The Morgan fingerprint density at radius 3 is 2.08 bits per heavy atom. The summed E-state index contributed by atoms with van der Waals surface area (Å²) in [5.74, 6) is 0. The van der Waals surface area contributed by atoms with Crippen LogP contribution in [0.4, 0.5) is 8.78 Å². The van der Waals surface area contributed by atoms with Gasteiger partial charge in [-0.1, -0.05) is 30.3 Å². The molecule has 1 N–H and O–H groups in total. The molecule has 0 aliphatic heterocycles. The molecule has 0 aliphatic carbocycles. The third-order valence-electron chi connectivity index (χ3n) is 1.89. The second-order valence-electron chi connectivity index (χ2n) is 2.94. The first kappa shape index (κ1) is 10.6. The van der Waals surface area contributed by atoms with Gasteiger partial charge in [0, 0.05) is 0 Å². The maximum atomic E-state index is 12.9. The zero-order chi connectivity index (χ0) is 10.1. The van der Waals surface area contributed by atoms with E-state index in [2.05, 4.69) is 15.9 Å². The second-order valence-corrected chi connectivity index (χ2v) is 3.93. The molecule has 1 atom stereocenters. The molecule has 1 unspecified atom stereocenters. The van der Waals surface area contributed by atoms with Gasteiger partial charge in [0.25, 0.3) is 0 Å². The van der Waals surface area contributed by atoms with Gasteiger partial charge in [0.05, 0.1) is 0 Å². The maximum Gasteiger partial charge on any atom is 0.333 e. The lowest BCUT2D eigenvalue weighted by Gasteiger charge is -2.28. The topological polar surface area (TPSA) is 20.2 Å². The molecule has 0 heterocycles. The third-order valence-corrected chi connectivity index (χ3v) is 2.66. The van der Waals surface area contributed by atoms with Gasteiger partial charge in [0.15, 0.2) is 5.60 Å². The van der Waals surface area contributed by atoms with Crippen molar-refractivity contribution in [3.8, 4) is 0 Å². The van der Waals surface area contributed by atoms with Crippen LogP contribution in [0.15, 0.2) is 30.3 Å². The Kier molecular flexibility index (Phi) is 2.73. The third kappa shape index (κ3) is 2.06. The zero-order valence-electron chi connectivity index (χ0n) is 6.97. The van der Waals surface area contributed by atoms with E-state index in [9.17, 15) is 13.9 Å². The predicted molar refractivity (Wildman–Crippen MR) is 49.9 cm³/mol. The summed E-state index contributed by atoms with van der Waals surface area (Å²) in [5, 5.41) is 9.53. The van der Waals surface area contributed by atoms with E-state index in [4.69, 9.17) is 0 Å². The van der Waals surface area contributed by atoms with Crippen LogP contribution in [0.3, 0.4) is 0 Å². The fourth-order valence-corrected chi connectivity index (χ4v) is 1.16. The largest absolute Gasteiger partial charge is 0.378 e. The minimum absolute atomic E-state index is 0.178. The van der Waals surface area contributed by atoms with Gasteiger partial charge in [-0.25, -0.2) is 0 Å². The highest BCUT2D eigenvalue weighted by molar-refractivity contribution is 9.10. The van der Waals surface area contributed by atoms with E-state index in [1.807, 2.05) is 0 Å². The molecule has 0 radical (unpaired) electrons. The van der Waals surface area contributed by atoms with Crippen LogP contribution in [0.2, 0.25) is 0 Å². The van der Waals surface area contributed by atoms with E-state index in [0.717, 1.165) is 6.92 Å². The SMILES string of the molecule is CC(O)(c1ccccc1)C(F)(F)Br. The monoisotopic (exact) mass is 250 g/mol. The van der Waals surface area contributed by atoms with Crippen molar-refractivity contribution in [1.29, 1.82) is 0 Å². The van der Waals surface area contributed by atoms with Crippen LogP contribution >= 0.6 is 15.9 Å². The molecule has 1 aromatic rings. The maximum absolute atomic E-state index is 12.9. The fourth-order valence-electron chi connectivity index (χ4n) is 0.926. The van der Waals surface area contributed by atoms with Gasteiger partial charge in [0.2, 0.25) is 0 Å². The van der Waals surface area contributed by atoms with Crippen LogP contribution in [0.5, 0.6) is 0 Å². The summed E-state index contributed by atoms with van der Waals surface area (Å²) in [6.45, 7) is 1.07. The minimum atomic E-state index is -3.33. The van der Waals surface area contributed by atoms with Crippen LogP contribution in [-0.4, -0.2) is 9.94 Å². The quantitative estimate of drug-likeness (QED) is 0.801. The highest BCUT2D eigenvalue weighted by Gasteiger charge is 2.47. The Morgan fingerprint density at radius 1 is 1.23 bits per heavy atom. The van der Waals surface area contributed by atoms with Gasteiger partial charge in [-0.15, -0.1) is 0 Å². The van der Waals surface area contributed by atoms with Crippen molar-refractivity contribution in [2.45, 2.75) is 17.4 Å². The molecule has 0 saturated carbocycles. The highest BCUT2D eigenvalue weighted by Crippen LogP contribution is 2.41. The first-order chi connectivity index (χ1) is 5.86. The van der Waals surface area contributed by atoms with Crippen molar-refractivity contribution in [3.63, 3.8) is 0 Å². The standard InChI is InChI=1S/C9H9BrF2O/c1-8(13,9(10,11)12)7-5-3-2-4-6-7/h2-6,13H,1H3. The molecule has 0 saturated heterocycles. The van der Waals surface area contributed by atoms with E-state index >= 15 is 0 Å². The molecule has 13 heavy (non-hydrogen) atoms. The van der Waals surface area contributed by atoms with Crippen molar-refractivity contribution in [2.75, 3.05) is 0 Å². The van der Waals surface area contributed by atoms with Crippen LogP contribution in [0.1, 0.15) is 12.5 Å². The Morgan fingerprint density at radius 2 is 1.69 bits per heavy atom. The van der Waals surface area contributed by atoms with Crippen molar-refractivity contribution in [3.05, 3.63) is 35.9 Å². The first-order valence-electron chi connectivity index (χ1n) is 3.70. The van der Waals surface area contributed by atoms with Crippen molar-refractivity contribution in [2.24, 2.45) is 0 Å². The Bertz CT molecular complexity index is 279. The summed E-state index contributed by atoms with van der Waals surface area (Å²) in [6, 6.07) is 7.81. The number of aliphatic hydroxyl groups is 1. The van der Waals surface area contributed by atoms with E-state index in [1.165, 1.54) is 12.1 Å². The van der Waals surface area contributed by atoms with Gasteiger partial charge in [-0.2, -0.15) is 8.78 Å². The van der Waals surface area contributed by atoms with Crippen LogP contribution in [0, 0.1) is 0 Å². The average molecular weight is 251 g/mol. The molecule has 1 aromatic carbocycles. The summed E-state index contributed by atoms with van der Waals surface area (Å²) in [4.78, 5) is -3.33. The van der Waals surface area contributed by atoms with Gasteiger partial charge in [0.1, 0.15) is 0 Å². The number of hydrogen-bond acceptors (Lipinski definition) is 1.